The van der Waals surface area contributed by atoms with Crippen molar-refractivity contribution in [2.24, 2.45) is 0 Å². The zero-order valence-corrected chi connectivity index (χ0v) is 14.6. The predicted octanol–water partition coefficient (Wildman–Crippen LogP) is 4.46. The van der Waals surface area contributed by atoms with Crippen molar-refractivity contribution in [3.05, 3.63) is 95.6 Å². The van der Waals surface area contributed by atoms with Gasteiger partial charge in [0.15, 0.2) is 0 Å². The Morgan fingerprint density at radius 1 is 0.923 bits per heavy atom. The van der Waals surface area contributed by atoms with Crippen LogP contribution in [0.25, 0.3) is 0 Å². The molecule has 0 fully saturated rings. The lowest BCUT2D eigenvalue weighted by atomic mass is 10.0. The second kappa shape index (κ2) is 6.92. The molecule has 1 heterocycles. The van der Waals surface area contributed by atoms with E-state index in [1.54, 1.807) is 4.90 Å². The minimum absolute atomic E-state index is 0.00205. The average molecular weight is 344 g/mol. The highest BCUT2D eigenvalue weighted by Gasteiger charge is 2.31. The Labute approximate surface area is 153 Å². The standard InChI is InChI=1S/C22H20N2O2/c1-24-21(23-19-13-7-5-11-17(19)22(24)25)18-12-6-8-14-20(18)26-15-16-9-3-2-4-10-16/h2-14,21,23H,15H2,1H3. The Morgan fingerprint density at radius 3 is 2.46 bits per heavy atom. The molecule has 4 heteroatoms. The maximum absolute atomic E-state index is 12.7. The van der Waals surface area contributed by atoms with Crippen molar-refractivity contribution in [1.29, 1.82) is 0 Å². The van der Waals surface area contributed by atoms with Crippen molar-refractivity contribution in [1.82, 2.24) is 4.90 Å². The summed E-state index contributed by atoms with van der Waals surface area (Å²) in [6.45, 7) is 0.485. The Balaban J connectivity index is 1.63. The summed E-state index contributed by atoms with van der Waals surface area (Å²) in [5, 5.41) is 3.46. The molecule has 0 bridgehead atoms. The molecule has 0 saturated heterocycles. The molecule has 1 atom stereocenters. The molecule has 0 aromatic heterocycles. The van der Waals surface area contributed by atoms with Crippen LogP contribution in [0.15, 0.2) is 78.9 Å². The molecule has 4 nitrogen and oxygen atoms in total. The Hall–Kier alpha value is -3.27. The lowest BCUT2D eigenvalue weighted by molar-refractivity contribution is 0.0733. The molecule has 26 heavy (non-hydrogen) atoms. The molecule has 3 aromatic rings. The molecule has 4 rings (SSSR count). The number of carbonyl (C=O) groups excluding carboxylic acids is 1. The van der Waals surface area contributed by atoms with Crippen LogP contribution >= 0.6 is 0 Å². The van der Waals surface area contributed by atoms with Crippen LogP contribution in [0.3, 0.4) is 0 Å². The molecule has 0 spiro atoms. The van der Waals surface area contributed by atoms with Gasteiger partial charge in [0.05, 0.1) is 5.56 Å². The molecule has 1 amide bonds. The number of benzene rings is 3. The molecule has 1 N–H and O–H groups in total. The summed E-state index contributed by atoms with van der Waals surface area (Å²) >= 11 is 0. The van der Waals surface area contributed by atoms with Gasteiger partial charge in [-0.15, -0.1) is 0 Å². The summed E-state index contributed by atoms with van der Waals surface area (Å²) in [5.41, 5.74) is 3.58. The van der Waals surface area contributed by atoms with Crippen LogP contribution in [0.1, 0.15) is 27.7 Å². The van der Waals surface area contributed by atoms with Crippen LogP contribution in [0.2, 0.25) is 0 Å². The number of hydrogen-bond acceptors (Lipinski definition) is 3. The van der Waals surface area contributed by atoms with E-state index in [1.165, 1.54) is 0 Å². The minimum Gasteiger partial charge on any atom is -0.488 e. The number of nitrogens with zero attached hydrogens (tertiary/aromatic N) is 1. The molecule has 1 aliphatic rings. The van der Waals surface area contributed by atoms with Gasteiger partial charge in [0.1, 0.15) is 18.5 Å². The first-order chi connectivity index (χ1) is 12.7. The minimum atomic E-state index is -0.274. The summed E-state index contributed by atoms with van der Waals surface area (Å²) in [4.78, 5) is 14.5. The van der Waals surface area contributed by atoms with Gasteiger partial charge in [-0.2, -0.15) is 0 Å². The van der Waals surface area contributed by atoms with E-state index in [0.717, 1.165) is 22.6 Å². The van der Waals surface area contributed by atoms with E-state index in [1.807, 2.05) is 85.9 Å². The van der Waals surface area contributed by atoms with E-state index in [4.69, 9.17) is 4.74 Å². The molecular formula is C22H20N2O2. The molecular weight excluding hydrogens is 324 g/mol. The summed E-state index contributed by atoms with van der Waals surface area (Å²) in [5.74, 6) is 0.773. The number of amides is 1. The van der Waals surface area contributed by atoms with Crippen LogP contribution in [-0.4, -0.2) is 17.9 Å². The Kier molecular flexibility index (Phi) is 4.32. The van der Waals surface area contributed by atoms with Gasteiger partial charge in [0.2, 0.25) is 0 Å². The fraction of sp³-hybridized carbons (Fsp3) is 0.136. The number of anilines is 1. The van der Waals surface area contributed by atoms with Gasteiger partial charge in [-0.3, -0.25) is 4.79 Å². The number of para-hydroxylation sites is 2. The average Bonchev–Trinajstić information content (AvgIpc) is 2.70. The van der Waals surface area contributed by atoms with E-state index in [-0.39, 0.29) is 12.1 Å². The first kappa shape index (κ1) is 16.2. The van der Waals surface area contributed by atoms with Gasteiger partial charge in [-0.1, -0.05) is 60.7 Å². The Morgan fingerprint density at radius 2 is 1.62 bits per heavy atom. The van der Waals surface area contributed by atoms with Gasteiger partial charge >= 0.3 is 0 Å². The molecule has 3 aromatic carbocycles. The van der Waals surface area contributed by atoms with Crippen LogP contribution in [-0.2, 0) is 6.61 Å². The van der Waals surface area contributed by atoms with E-state index < -0.39 is 0 Å². The lowest BCUT2D eigenvalue weighted by Crippen LogP contribution is -2.40. The summed E-state index contributed by atoms with van der Waals surface area (Å²) in [6, 6.07) is 25.5. The second-order valence-corrected chi connectivity index (χ2v) is 6.32. The van der Waals surface area contributed by atoms with Gasteiger partial charge in [0, 0.05) is 18.3 Å². The lowest BCUT2D eigenvalue weighted by Gasteiger charge is -2.36. The van der Waals surface area contributed by atoms with Crippen molar-refractivity contribution in [3.8, 4) is 5.75 Å². The maximum Gasteiger partial charge on any atom is 0.257 e. The van der Waals surface area contributed by atoms with E-state index in [2.05, 4.69) is 5.32 Å². The first-order valence-electron chi connectivity index (χ1n) is 8.62. The SMILES string of the molecule is CN1C(=O)c2ccccc2NC1c1ccccc1OCc1ccccc1. The van der Waals surface area contributed by atoms with E-state index >= 15 is 0 Å². The predicted molar refractivity (Wildman–Crippen MR) is 102 cm³/mol. The van der Waals surface area contributed by atoms with Gasteiger partial charge < -0.3 is 15.0 Å². The number of fused-ring (bicyclic) bond motifs is 1. The number of hydrogen-bond donors (Lipinski definition) is 1. The third-order valence-corrected chi connectivity index (χ3v) is 4.61. The van der Waals surface area contributed by atoms with Crippen molar-refractivity contribution < 1.29 is 9.53 Å². The second-order valence-electron chi connectivity index (χ2n) is 6.32. The Bertz CT molecular complexity index is 924. The van der Waals surface area contributed by atoms with Crippen molar-refractivity contribution >= 4 is 11.6 Å². The van der Waals surface area contributed by atoms with Crippen molar-refractivity contribution in [2.45, 2.75) is 12.8 Å². The smallest absolute Gasteiger partial charge is 0.257 e. The maximum atomic E-state index is 12.7. The van der Waals surface area contributed by atoms with Crippen LogP contribution in [0, 0.1) is 0 Å². The normalized spacial score (nSPS) is 16.0. The van der Waals surface area contributed by atoms with Crippen LogP contribution in [0.5, 0.6) is 5.75 Å². The molecule has 0 aliphatic carbocycles. The first-order valence-corrected chi connectivity index (χ1v) is 8.62. The van der Waals surface area contributed by atoms with Crippen molar-refractivity contribution in [2.75, 3.05) is 12.4 Å². The number of nitrogens with one attached hydrogen (secondary N) is 1. The van der Waals surface area contributed by atoms with Gasteiger partial charge in [0.25, 0.3) is 5.91 Å². The number of rotatable bonds is 4. The number of carbonyl (C=O) groups is 1. The molecule has 0 saturated carbocycles. The van der Waals surface area contributed by atoms with Crippen LogP contribution in [0.4, 0.5) is 5.69 Å². The highest BCUT2D eigenvalue weighted by atomic mass is 16.5. The monoisotopic (exact) mass is 344 g/mol. The zero-order chi connectivity index (χ0) is 17.9. The molecule has 1 unspecified atom stereocenters. The fourth-order valence-corrected chi connectivity index (χ4v) is 3.21. The van der Waals surface area contributed by atoms with Gasteiger partial charge in [-0.25, -0.2) is 0 Å². The summed E-state index contributed by atoms with van der Waals surface area (Å²) < 4.78 is 6.07. The quantitative estimate of drug-likeness (QED) is 0.760. The largest absolute Gasteiger partial charge is 0.488 e. The van der Waals surface area contributed by atoms with Crippen LogP contribution < -0.4 is 10.1 Å². The molecule has 130 valence electrons. The van der Waals surface area contributed by atoms with Gasteiger partial charge in [-0.05, 0) is 23.8 Å². The molecule has 0 radical (unpaired) electrons. The number of ether oxygens (including phenoxy) is 1. The third-order valence-electron chi connectivity index (χ3n) is 4.61. The highest BCUT2D eigenvalue weighted by molar-refractivity contribution is 6.01. The summed E-state index contributed by atoms with van der Waals surface area (Å²) in [6.07, 6.45) is -0.274. The van der Waals surface area contributed by atoms with Crippen molar-refractivity contribution in [3.63, 3.8) is 0 Å². The third kappa shape index (κ3) is 3.02. The molecule has 1 aliphatic heterocycles. The highest BCUT2D eigenvalue weighted by Crippen LogP contribution is 2.35. The van der Waals surface area contributed by atoms with E-state index in [9.17, 15) is 4.79 Å². The summed E-state index contributed by atoms with van der Waals surface area (Å²) in [7, 11) is 1.81. The topological polar surface area (TPSA) is 41.6 Å². The zero-order valence-electron chi connectivity index (χ0n) is 14.6. The van der Waals surface area contributed by atoms with E-state index in [0.29, 0.717) is 12.2 Å². The fourth-order valence-electron chi connectivity index (χ4n) is 3.21.